The number of anilines is 1. The molecule has 0 aliphatic carbocycles. The maximum absolute atomic E-state index is 14.3. The number of Topliss-reactive ketones (excluding diaryl/α,β-unsaturated/α-hetero) is 1. The van der Waals surface area contributed by atoms with Crippen molar-refractivity contribution in [1.29, 1.82) is 0 Å². The molecule has 1 aromatic rings. The van der Waals surface area contributed by atoms with E-state index in [1.165, 1.54) is 6.07 Å². The fourth-order valence-electron chi connectivity index (χ4n) is 2.73. The molecule has 0 bridgehead atoms. The Bertz CT molecular complexity index is 552. The van der Waals surface area contributed by atoms with Crippen LogP contribution in [0.5, 0.6) is 0 Å². The number of ketones is 1. The molecule has 0 unspecified atom stereocenters. The summed E-state index contributed by atoms with van der Waals surface area (Å²) in [5.74, 6) is -0.246. The number of carbonyl (C=O) groups excluding carboxylic acids is 2. The second-order valence-electron chi connectivity index (χ2n) is 5.56. The topological polar surface area (TPSA) is 40.6 Å². The summed E-state index contributed by atoms with van der Waals surface area (Å²) in [7, 11) is 0. The minimum absolute atomic E-state index is 0.0219. The minimum Gasteiger partial charge on any atom is -0.366 e. The molecule has 1 aliphatic rings. The number of piperazine rings is 1. The Morgan fingerprint density at radius 3 is 2.36 bits per heavy atom. The Morgan fingerprint density at radius 1 is 1.14 bits per heavy atom. The van der Waals surface area contributed by atoms with E-state index in [0.717, 1.165) is 6.42 Å². The van der Waals surface area contributed by atoms with Gasteiger partial charge in [0.2, 0.25) is 5.91 Å². The van der Waals surface area contributed by atoms with Gasteiger partial charge in [-0.3, -0.25) is 9.59 Å². The molecule has 0 spiro atoms. The van der Waals surface area contributed by atoms with E-state index in [2.05, 4.69) is 0 Å². The number of rotatable bonds is 5. The zero-order chi connectivity index (χ0) is 16.1. The van der Waals surface area contributed by atoms with E-state index >= 15 is 0 Å². The predicted octanol–water partition coefficient (Wildman–Crippen LogP) is 2.87. The van der Waals surface area contributed by atoms with Gasteiger partial charge in [-0.2, -0.15) is 0 Å². The molecule has 0 saturated carbocycles. The summed E-state index contributed by atoms with van der Waals surface area (Å²) in [6.45, 7) is 6.24. The minimum atomic E-state index is -0.364. The summed E-state index contributed by atoms with van der Waals surface area (Å²) in [5, 5.41) is 0. The van der Waals surface area contributed by atoms with Crippen LogP contribution in [0.15, 0.2) is 18.2 Å². The van der Waals surface area contributed by atoms with Crippen molar-refractivity contribution >= 4 is 17.4 Å². The Labute approximate surface area is 130 Å². The zero-order valence-electron chi connectivity index (χ0n) is 13.3. The maximum atomic E-state index is 14.3. The van der Waals surface area contributed by atoms with Crippen LogP contribution in [0.25, 0.3) is 0 Å². The Hall–Kier alpha value is -1.91. The average Bonchev–Trinajstić information content (AvgIpc) is 2.54. The highest BCUT2D eigenvalue weighted by Gasteiger charge is 2.22. The van der Waals surface area contributed by atoms with Crippen molar-refractivity contribution in [3.63, 3.8) is 0 Å². The second-order valence-corrected chi connectivity index (χ2v) is 5.56. The van der Waals surface area contributed by atoms with E-state index in [4.69, 9.17) is 0 Å². The molecule has 1 saturated heterocycles. The highest BCUT2D eigenvalue weighted by Crippen LogP contribution is 2.23. The van der Waals surface area contributed by atoms with E-state index in [0.29, 0.717) is 50.3 Å². The lowest BCUT2D eigenvalue weighted by molar-refractivity contribution is -0.131. The predicted molar refractivity (Wildman–Crippen MR) is 84.7 cm³/mol. The normalized spacial score (nSPS) is 15.0. The van der Waals surface area contributed by atoms with Gasteiger partial charge in [0.1, 0.15) is 5.82 Å². The first-order valence-electron chi connectivity index (χ1n) is 7.92. The van der Waals surface area contributed by atoms with E-state index < -0.39 is 0 Å². The summed E-state index contributed by atoms with van der Waals surface area (Å²) in [5.41, 5.74) is 0.944. The number of halogens is 1. The summed E-state index contributed by atoms with van der Waals surface area (Å²) in [6.07, 6.45) is 1.70. The van der Waals surface area contributed by atoms with Gasteiger partial charge in [-0.25, -0.2) is 4.39 Å². The highest BCUT2D eigenvalue weighted by atomic mass is 19.1. The van der Waals surface area contributed by atoms with Crippen molar-refractivity contribution in [2.45, 2.75) is 33.1 Å². The van der Waals surface area contributed by atoms with Crippen molar-refractivity contribution in [1.82, 2.24) is 4.90 Å². The molecule has 2 rings (SSSR count). The fourth-order valence-corrected chi connectivity index (χ4v) is 2.73. The average molecular weight is 306 g/mol. The largest absolute Gasteiger partial charge is 0.366 e. The molecule has 22 heavy (non-hydrogen) atoms. The number of carbonyl (C=O) groups is 2. The maximum Gasteiger partial charge on any atom is 0.222 e. The molecule has 1 fully saturated rings. The molecule has 1 heterocycles. The quantitative estimate of drug-likeness (QED) is 0.785. The molecule has 1 aliphatic heterocycles. The first-order chi connectivity index (χ1) is 10.6. The zero-order valence-corrected chi connectivity index (χ0v) is 13.3. The van der Waals surface area contributed by atoms with Crippen LogP contribution in [0, 0.1) is 5.82 Å². The number of benzene rings is 1. The fraction of sp³-hybridized carbons (Fsp3) is 0.529. The van der Waals surface area contributed by atoms with E-state index in [-0.39, 0.29) is 17.5 Å². The van der Waals surface area contributed by atoms with Gasteiger partial charge in [0, 0.05) is 44.6 Å². The number of hydrogen-bond acceptors (Lipinski definition) is 3. The van der Waals surface area contributed by atoms with Gasteiger partial charge >= 0.3 is 0 Å². The van der Waals surface area contributed by atoms with Crippen LogP contribution in [-0.2, 0) is 4.79 Å². The van der Waals surface area contributed by atoms with Gasteiger partial charge in [0.15, 0.2) is 5.78 Å². The smallest absolute Gasteiger partial charge is 0.222 e. The van der Waals surface area contributed by atoms with E-state index in [9.17, 15) is 14.0 Å². The Morgan fingerprint density at radius 2 is 1.82 bits per heavy atom. The van der Waals surface area contributed by atoms with Crippen LogP contribution >= 0.6 is 0 Å². The van der Waals surface area contributed by atoms with Gasteiger partial charge in [0.05, 0.1) is 5.69 Å². The van der Waals surface area contributed by atoms with Crippen LogP contribution in [0.2, 0.25) is 0 Å². The molecule has 5 heteroatoms. The molecule has 1 aromatic carbocycles. The Kier molecular flexibility index (Phi) is 5.52. The van der Waals surface area contributed by atoms with Crippen LogP contribution in [0.4, 0.5) is 10.1 Å². The van der Waals surface area contributed by atoms with Crippen molar-refractivity contribution in [3.8, 4) is 0 Å². The molecular formula is C17H23FN2O2. The monoisotopic (exact) mass is 306 g/mol. The summed E-state index contributed by atoms with van der Waals surface area (Å²) >= 11 is 0. The van der Waals surface area contributed by atoms with Gasteiger partial charge in [-0.05, 0) is 24.6 Å². The van der Waals surface area contributed by atoms with Crippen molar-refractivity contribution in [3.05, 3.63) is 29.6 Å². The Balaban J connectivity index is 2.05. The van der Waals surface area contributed by atoms with Gasteiger partial charge in [-0.15, -0.1) is 0 Å². The third-order valence-corrected chi connectivity index (χ3v) is 4.02. The molecule has 120 valence electrons. The van der Waals surface area contributed by atoms with Gasteiger partial charge in [-0.1, -0.05) is 13.8 Å². The second kappa shape index (κ2) is 7.38. The van der Waals surface area contributed by atoms with Crippen LogP contribution in [0.1, 0.15) is 43.5 Å². The molecule has 4 nitrogen and oxygen atoms in total. The lowest BCUT2D eigenvalue weighted by Gasteiger charge is -2.36. The number of amides is 1. The molecule has 0 N–H and O–H groups in total. The van der Waals surface area contributed by atoms with Crippen molar-refractivity contribution in [2.75, 3.05) is 31.1 Å². The van der Waals surface area contributed by atoms with Crippen LogP contribution in [0.3, 0.4) is 0 Å². The van der Waals surface area contributed by atoms with Gasteiger partial charge in [0.25, 0.3) is 0 Å². The van der Waals surface area contributed by atoms with Crippen molar-refractivity contribution in [2.24, 2.45) is 0 Å². The third-order valence-electron chi connectivity index (χ3n) is 4.02. The summed E-state index contributed by atoms with van der Waals surface area (Å²) < 4.78 is 14.3. The lowest BCUT2D eigenvalue weighted by atomic mass is 10.1. The molecule has 0 atom stereocenters. The summed E-state index contributed by atoms with van der Waals surface area (Å²) in [4.78, 5) is 27.2. The number of nitrogens with zero attached hydrogens (tertiary/aromatic N) is 2. The standard InChI is InChI=1S/C17H23FN2O2/c1-3-5-16(21)13-6-7-15(14(18)12-13)19-8-10-20(11-9-19)17(22)4-2/h6-7,12H,3-5,8-11H2,1-2H3. The van der Waals surface area contributed by atoms with Crippen LogP contribution in [-0.4, -0.2) is 42.8 Å². The molecular weight excluding hydrogens is 283 g/mol. The number of hydrogen-bond donors (Lipinski definition) is 0. The molecule has 0 aromatic heterocycles. The van der Waals surface area contributed by atoms with Crippen molar-refractivity contribution < 1.29 is 14.0 Å². The first-order valence-corrected chi connectivity index (χ1v) is 7.92. The summed E-state index contributed by atoms with van der Waals surface area (Å²) in [6, 6.07) is 4.70. The van der Waals surface area contributed by atoms with E-state index in [1.54, 1.807) is 12.1 Å². The highest BCUT2D eigenvalue weighted by molar-refractivity contribution is 5.96. The SMILES string of the molecule is CCCC(=O)c1ccc(N2CCN(C(=O)CC)CC2)c(F)c1. The first kappa shape index (κ1) is 16.5. The molecule has 1 amide bonds. The van der Waals surface area contributed by atoms with Gasteiger partial charge < -0.3 is 9.80 Å². The van der Waals surface area contributed by atoms with E-state index in [1.807, 2.05) is 23.6 Å². The molecule has 0 radical (unpaired) electrons. The van der Waals surface area contributed by atoms with Crippen LogP contribution < -0.4 is 4.90 Å². The lowest BCUT2D eigenvalue weighted by Crippen LogP contribution is -2.48. The third kappa shape index (κ3) is 3.64.